The van der Waals surface area contributed by atoms with Gasteiger partial charge in [0.25, 0.3) is 5.56 Å². The monoisotopic (exact) mass is 469 g/mol. The Balaban J connectivity index is 1.59. The number of fused-ring (bicyclic) bond motifs is 1. The van der Waals surface area contributed by atoms with Crippen molar-refractivity contribution in [2.75, 3.05) is 5.32 Å². The lowest BCUT2D eigenvalue weighted by Gasteiger charge is -2.13. The average molecular weight is 470 g/mol. The van der Waals surface area contributed by atoms with Crippen LogP contribution in [0.2, 0.25) is 0 Å². The molecule has 6 nitrogen and oxygen atoms in total. The minimum absolute atomic E-state index is 0.0702. The predicted octanol–water partition coefficient (Wildman–Crippen LogP) is 5.05. The number of aromatic nitrogens is 2. The van der Waals surface area contributed by atoms with Crippen LogP contribution in [0.1, 0.15) is 24.2 Å². The molecule has 4 aromatic rings. The number of carbonyl (C=O) groups excluding carboxylic acids is 2. The summed E-state index contributed by atoms with van der Waals surface area (Å²) in [5.41, 5.74) is 1.97. The lowest BCUT2D eigenvalue weighted by Crippen LogP contribution is -2.22. The van der Waals surface area contributed by atoms with Crippen molar-refractivity contribution in [1.82, 2.24) is 9.55 Å². The van der Waals surface area contributed by atoms with Gasteiger partial charge in [0, 0.05) is 41.0 Å². The summed E-state index contributed by atoms with van der Waals surface area (Å²) >= 11 is 4.29. The molecule has 0 saturated heterocycles. The highest BCUT2D eigenvalue weighted by atomic mass is 32.2. The molecule has 0 fully saturated rings. The highest BCUT2D eigenvalue weighted by Gasteiger charge is 2.21. The second-order valence-electron chi connectivity index (χ2n) is 6.95. The van der Waals surface area contributed by atoms with E-state index in [2.05, 4.69) is 10.3 Å². The maximum Gasteiger partial charge on any atom is 0.263 e. The minimum atomic E-state index is -0.432. The van der Waals surface area contributed by atoms with Crippen molar-refractivity contribution in [2.24, 2.45) is 7.05 Å². The van der Waals surface area contributed by atoms with Crippen molar-refractivity contribution in [3.63, 3.8) is 0 Å². The zero-order chi connectivity index (χ0) is 22.1. The standard InChI is InChI=1S/C22H19N3O3S3/c1-12(19(27)14-6-8-15(9-7-14)23-13(2)26)31-22-24-20-18(21(28)25(22)3)16(11-30-20)17-5-4-10-29-17/h4-12H,1-3H3,(H,23,26). The molecule has 0 spiro atoms. The first-order valence-electron chi connectivity index (χ1n) is 9.45. The van der Waals surface area contributed by atoms with E-state index in [-0.39, 0.29) is 17.2 Å². The Morgan fingerprint density at radius 3 is 2.55 bits per heavy atom. The zero-order valence-corrected chi connectivity index (χ0v) is 19.5. The molecule has 31 heavy (non-hydrogen) atoms. The van der Waals surface area contributed by atoms with Crippen molar-refractivity contribution in [2.45, 2.75) is 24.3 Å². The van der Waals surface area contributed by atoms with E-state index in [1.54, 1.807) is 49.6 Å². The Kier molecular flexibility index (Phi) is 6.08. The number of thiophene rings is 2. The van der Waals surface area contributed by atoms with E-state index in [0.29, 0.717) is 26.6 Å². The molecular weight excluding hydrogens is 450 g/mol. The Morgan fingerprint density at radius 1 is 1.16 bits per heavy atom. The molecule has 0 aliphatic rings. The third-order valence-corrected chi connectivity index (χ3v) is 7.62. The maximum atomic E-state index is 13.1. The van der Waals surface area contributed by atoms with Gasteiger partial charge < -0.3 is 5.32 Å². The number of benzene rings is 1. The van der Waals surface area contributed by atoms with E-state index in [1.165, 1.54) is 34.6 Å². The smallest absolute Gasteiger partial charge is 0.263 e. The Morgan fingerprint density at radius 2 is 1.90 bits per heavy atom. The molecule has 3 heterocycles. The highest BCUT2D eigenvalue weighted by Crippen LogP contribution is 2.35. The molecule has 0 aliphatic heterocycles. The van der Waals surface area contributed by atoms with Crippen LogP contribution in [0.3, 0.4) is 0 Å². The van der Waals surface area contributed by atoms with Crippen LogP contribution in [-0.4, -0.2) is 26.5 Å². The molecule has 0 aliphatic carbocycles. The van der Waals surface area contributed by atoms with Gasteiger partial charge in [-0.1, -0.05) is 17.8 Å². The Hall–Kier alpha value is -2.75. The molecule has 158 valence electrons. The molecule has 1 aromatic carbocycles. The molecule has 1 amide bonds. The van der Waals surface area contributed by atoms with E-state index in [9.17, 15) is 14.4 Å². The Bertz CT molecular complexity index is 1320. The van der Waals surface area contributed by atoms with Crippen LogP contribution in [0.4, 0.5) is 5.69 Å². The van der Waals surface area contributed by atoms with Gasteiger partial charge in [-0.3, -0.25) is 19.0 Å². The Labute approximate surface area is 191 Å². The van der Waals surface area contributed by atoms with Gasteiger partial charge in [-0.15, -0.1) is 22.7 Å². The summed E-state index contributed by atoms with van der Waals surface area (Å²) in [6, 6.07) is 10.7. The van der Waals surface area contributed by atoms with Gasteiger partial charge in [0.05, 0.1) is 10.6 Å². The molecule has 0 bridgehead atoms. The van der Waals surface area contributed by atoms with Crippen LogP contribution < -0.4 is 10.9 Å². The van der Waals surface area contributed by atoms with Gasteiger partial charge in [0.2, 0.25) is 5.91 Å². The van der Waals surface area contributed by atoms with Crippen LogP contribution in [0, 0.1) is 0 Å². The van der Waals surface area contributed by atoms with E-state index >= 15 is 0 Å². The van der Waals surface area contributed by atoms with E-state index in [0.717, 1.165) is 10.4 Å². The number of Topliss-reactive ketones (excluding diaryl/α,β-unsaturated/α-hetero) is 1. The quantitative estimate of drug-likeness (QED) is 0.243. The van der Waals surface area contributed by atoms with Crippen molar-refractivity contribution < 1.29 is 9.59 Å². The van der Waals surface area contributed by atoms with Crippen LogP contribution in [-0.2, 0) is 11.8 Å². The third-order valence-electron chi connectivity index (χ3n) is 4.70. The summed E-state index contributed by atoms with van der Waals surface area (Å²) in [6.07, 6.45) is 0. The van der Waals surface area contributed by atoms with E-state index < -0.39 is 5.25 Å². The molecule has 0 saturated carbocycles. The van der Waals surface area contributed by atoms with Crippen molar-refractivity contribution in [3.8, 4) is 10.4 Å². The van der Waals surface area contributed by atoms with Gasteiger partial charge in [-0.05, 0) is 42.6 Å². The third kappa shape index (κ3) is 4.34. The van der Waals surface area contributed by atoms with Gasteiger partial charge in [0.1, 0.15) is 4.83 Å². The first kappa shape index (κ1) is 21.5. The number of hydrogen-bond acceptors (Lipinski definition) is 7. The molecule has 1 atom stereocenters. The number of rotatable bonds is 6. The van der Waals surface area contributed by atoms with Gasteiger partial charge in [0.15, 0.2) is 10.9 Å². The summed E-state index contributed by atoms with van der Waals surface area (Å²) in [6.45, 7) is 3.24. The molecule has 1 unspecified atom stereocenters. The summed E-state index contributed by atoms with van der Waals surface area (Å²) in [4.78, 5) is 43.5. The maximum absolute atomic E-state index is 13.1. The first-order valence-corrected chi connectivity index (χ1v) is 12.1. The predicted molar refractivity (Wildman–Crippen MR) is 129 cm³/mol. The topological polar surface area (TPSA) is 81.1 Å². The fourth-order valence-corrected chi connectivity index (χ4v) is 5.89. The van der Waals surface area contributed by atoms with Crippen LogP contribution in [0.25, 0.3) is 20.7 Å². The molecule has 9 heteroatoms. The second-order valence-corrected chi connectivity index (χ2v) is 10.1. The molecule has 1 N–H and O–H groups in total. The first-order chi connectivity index (χ1) is 14.8. The number of amides is 1. The molecule has 3 aromatic heterocycles. The molecule has 0 radical (unpaired) electrons. The number of thioether (sulfide) groups is 1. The summed E-state index contributed by atoms with van der Waals surface area (Å²) < 4.78 is 1.51. The fourth-order valence-electron chi connectivity index (χ4n) is 3.14. The van der Waals surface area contributed by atoms with Crippen molar-refractivity contribution in [3.05, 3.63) is 63.1 Å². The minimum Gasteiger partial charge on any atom is -0.326 e. The largest absolute Gasteiger partial charge is 0.326 e. The van der Waals surface area contributed by atoms with Crippen molar-refractivity contribution in [1.29, 1.82) is 0 Å². The van der Waals surface area contributed by atoms with Crippen molar-refractivity contribution >= 4 is 62.0 Å². The summed E-state index contributed by atoms with van der Waals surface area (Å²) in [5, 5.41) is 7.32. The van der Waals surface area contributed by atoms with E-state index in [1.807, 2.05) is 22.9 Å². The van der Waals surface area contributed by atoms with Crippen LogP contribution in [0.15, 0.2) is 57.1 Å². The zero-order valence-electron chi connectivity index (χ0n) is 17.0. The van der Waals surface area contributed by atoms with Crippen LogP contribution >= 0.6 is 34.4 Å². The fraction of sp³-hybridized carbons (Fsp3) is 0.182. The number of ketones is 1. The van der Waals surface area contributed by atoms with E-state index in [4.69, 9.17) is 0 Å². The highest BCUT2D eigenvalue weighted by molar-refractivity contribution is 8.00. The van der Waals surface area contributed by atoms with Gasteiger partial charge >= 0.3 is 0 Å². The lowest BCUT2D eigenvalue weighted by atomic mass is 10.1. The second kappa shape index (κ2) is 8.78. The van der Waals surface area contributed by atoms with Gasteiger partial charge in [-0.2, -0.15) is 0 Å². The molecule has 4 rings (SSSR count). The summed E-state index contributed by atoms with van der Waals surface area (Å²) in [5.74, 6) is -0.236. The molecular formula is C22H19N3O3S3. The number of anilines is 1. The summed E-state index contributed by atoms with van der Waals surface area (Å²) in [7, 11) is 1.69. The normalized spacial score (nSPS) is 12.1. The average Bonchev–Trinajstić information content (AvgIpc) is 3.41. The lowest BCUT2D eigenvalue weighted by molar-refractivity contribution is -0.114. The number of carbonyl (C=O) groups is 2. The van der Waals surface area contributed by atoms with Crippen LogP contribution in [0.5, 0.6) is 0 Å². The SMILES string of the molecule is CC(=O)Nc1ccc(C(=O)C(C)Sc2nc3scc(-c4cccs4)c3c(=O)n2C)cc1. The van der Waals surface area contributed by atoms with Gasteiger partial charge in [-0.25, -0.2) is 4.98 Å². The number of nitrogens with one attached hydrogen (secondary N) is 1. The number of nitrogens with zero attached hydrogens (tertiary/aromatic N) is 2. The number of hydrogen-bond donors (Lipinski definition) is 1.